The van der Waals surface area contributed by atoms with Crippen LogP contribution in [-0.2, 0) is 6.42 Å². The summed E-state index contributed by atoms with van der Waals surface area (Å²) in [4.78, 5) is 0. The molecule has 0 saturated heterocycles. The number of hydrogen-bond donors (Lipinski definition) is 1. The van der Waals surface area contributed by atoms with Gasteiger partial charge in [-0.25, -0.2) is 4.39 Å². The van der Waals surface area contributed by atoms with Crippen LogP contribution in [0.4, 0.5) is 4.39 Å². The van der Waals surface area contributed by atoms with Crippen molar-refractivity contribution in [3.05, 3.63) is 35.6 Å². The van der Waals surface area contributed by atoms with Gasteiger partial charge in [-0.3, -0.25) is 0 Å². The van der Waals surface area contributed by atoms with Crippen molar-refractivity contribution >= 4 is 0 Å². The van der Waals surface area contributed by atoms with Crippen LogP contribution in [0.25, 0.3) is 0 Å². The molecule has 0 aliphatic carbocycles. The summed E-state index contributed by atoms with van der Waals surface area (Å²) in [6.45, 7) is 7.65. The molecule has 0 heterocycles. The van der Waals surface area contributed by atoms with E-state index >= 15 is 0 Å². The van der Waals surface area contributed by atoms with Gasteiger partial charge in [-0.1, -0.05) is 32.9 Å². The highest BCUT2D eigenvalue weighted by atomic mass is 19.1. The number of halogens is 1. The fourth-order valence-corrected chi connectivity index (χ4v) is 1.75. The summed E-state index contributed by atoms with van der Waals surface area (Å²) >= 11 is 0. The van der Waals surface area contributed by atoms with Crippen molar-refractivity contribution in [2.45, 2.75) is 39.7 Å². The number of rotatable bonds is 6. The molecule has 1 aromatic carbocycles. The van der Waals surface area contributed by atoms with Gasteiger partial charge in [0.15, 0.2) is 0 Å². The normalized spacial score (nSPS) is 13.1. The Hall–Kier alpha value is -0.890. The Bertz CT molecular complexity index is 292. The highest BCUT2D eigenvalue weighted by Crippen LogP contribution is 2.11. The molecule has 0 bridgehead atoms. The summed E-state index contributed by atoms with van der Waals surface area (Å²) in [6, 6.07) is 7.29. The second-order valence-electron chi connectivity index (χ2n) is 4.64. The summed E-state index contributed by atoms with van der Waals surface area (Å²) in [6.07, 6.45) is 2.12. The summed E-state index contributed by atoms with van der Waals surface area (Å²) in [5.41, 5.74) is 1.20. The van der Waals surface area contributed by atoms with Crippen molar-refractivity contribution in [2.24, 2.45) is 5.92 Å². The molecule has 0 saturated carbocycles. The fourth-order valence-electron chi connectivity index (χ4n) is 1.75. The van der Waals surface area contributed by atoms with Crippen molar-refractivity contribution in [2.75, 3.05) is 6.54 Å². The highest BCUT2D eigenvalue weighted by molar-refractivity contribution is 5.17. The van der Waals surface area contributed by atoms with Crippen LogP contribution < -0.4 is 5.32 Å². The van der Waals surface area contributed by atoms with Crippen LogP contribution in [0.1, 0.15) is 32.8 Å². The first kappa shape index (κ1) is 13.2. The van der Waals surface area contributed by atoms with Crippen molar-refractivity contribution < 1.29 is 4.39 Å². The van der Waals surface area contributed by atoms with E-state index in [0.717, 1.165) is 19.4 Å². The molecule has 2 heteroatoms. The second-order valence-corrected chi connectivity index (χ2v) is 4.64. The predicted octanol–water partition coefficient (Wildman–Crippen LogP) is 3.39. The maximum atomic E-state index is 12.8. The average molecular weight is 223 g/mol. The zero-order valence-corrected chi connectivity index (χ0v) is 10.5. The molecule has 1 aromatic rings. The topological polar surface area (TPSA) is 12.0 Å². The van der Waals surface area contributed by atoms with E-state index in [1.54, 1.807) is 0 Å². The largest absolute Gasteiger partial charge is 0.313 e. The van der Waals surface area contributed by atoms with E-state index in [2.05, 4.69) is 26.1 Å². The van der Waals surface area contributed by atoms with E-state index < -0.39 is 0 Å². The summed E-state index contributed by atoms with van der Waals surface area (Å²) in [7, 11) is 0. The van der Waals surface area contributed by atoms with Crippen molar-refractivity contribution in [1.82, 2.24) is 5.32 Å². The Morgan fingerprint density at radius 2 is 1.81 bits per heavy atom. The zero-order chi connectivity index (χ0) is 12.0. The number of benzene rings is 1. The van der Waals surface area contributed by atoms with Gasteiger partial charge in [0.25, 0.3) is 0 Å². The van der Waals surface area contributed by atoms with Crippen LogP contribution in [0.3, 0.4) is 0 Å². The third-order valence-corrected chi connectivity index (χ3v) is 2.83. The molecule has 0 radical (unpaired) electrons. The molecule has 0 fully saturated rings. The maximum Gasteiger partial charge on any atom is 0.123 e. The second kappa shape index (κ2) is 6.64. The molecule has 1 N–H and O–H groups in total. The smallest absolute Gasteiger partial charge is 0.123 e. The molecule has 1 unspecified atom stereocenters. The minimum Gasteiger partial charge on any atom is -0.313 e. The molecular weight excluding hydrogens is 201 g/mol. The van der Waals surface area contributed by atoms with Gasteiger partial charge in [-0.2, -0.15) is 0 Å². The van der Waals surface area contributed by atoms with Crippen LogP contribution in [0.5, 0.6) is 0 Å². The fraction of sp³-hybridized carbons (Fsp3) is 0.571. The molecule has 16 heavy (non-hydrogen) atoms. The quantitative estimate of drug-likeness (QED) is 0.779. The first-order valence-corrected chi connectivity index (χ1v) is 6.11. The predicted molar refractivity (Wildman–Crippen MR) is 67.0 cm³/mol. The van der Waals surface area contributed by atoms with Crippen molar-refractivity contribution in [3.63, 3.8) is 0 Å². The van der Waals surface area contributed by atoms with Gasteiger partial charge in [0.2, 0.25) is 0 Å². The minimum atomic E-state index is -0.161. The van der Waals surface area contributed by atoms with Gasteiger partial charge in [-0.15, -0.1) is 0 Å². The monoisotopic (exact) mass is 223 g/mol. The van der Waals surface area contributed by atoms with E-state index in [1.807, 2.05) is 12.1 Å². The van der Waals surface area contributed by atoms with E-state index in [0.29, 0.717) is 12.0 Å². The Labute approximate surface area is 98.1 Å². The first-order valence-electron chi connectivity index (χ1n) is 6.11. The van der Waals surface area contributed by atoms with Crippen LogP contribution in [0.2, 0.25) is 0 Å². The number of hydrogen-bond acceptors (Lipinski definition) is 1. The van der Waals surface area contributed by atoms with Crippen LogP contribution in [0.15, 0.2) is 24.3 Å². The van der Waals surface area contributed by atoms with Gasteiger partial charge >= 0.3 is 0 Å². The van der Waals surface area contributed by atoms with Gasteiger partial charge < -0.3 is 5.32 Å². The van der Waals surface area contributed by atoms with E-state index in [1.165, 1.54) is 17.7 Å². The molecule has 0 amide bonds. The summed E-state index contributed by atoms with van der Waals surface area (Å²) in [5, 5.41) is 3.54. The summed E-state index contributed by atoms with van der Waals surface area (Å²) < 4.78 is 12.8. The van der Waals surface area contributed by atoms with E-state index in [9.17, 15) is 4.39 Å². The molecule has 1 nitrogen and oxygen atoms in total. The molecule has 1 atom stereocenters. The first-order chi connectivity index (χ1) is 7.63. The van der Waals surface area contributed by atoms with E-state index in [4.69, 9.17) is 0 Å². The molecule has 90 valence electrons. The van der Waals surface area contributed by atoms with Gasteiger partial charge in [0.05, 0.1) is 0 Å². The SMILES string of the molecule is CCCNC(Cc1ccc(F)cc1)C(C)C. The number of nitrogens with one attached hydrogen (secondary N) is 1. The van der Waals surface area contributed by atoms with Crippen molar-refractivity contribution in [3.8, 4) is 0 Å². The van der Waals surface area contributed by atoms with Crippen LogP contribution in [-0.4, -0.2) is 12.6 Å². The summed E-state index contributed by atoms with van der Waals surface area (Å²) in [5.74, 6) is 0.433. The molecule has 0 spiro atoms. The highest BCUT2D eigenvalue weighted by Gasteiger charge is 2.12. The van der Waals surface area contributed by atoms with Gasteiger partial charge in [-0.05, 0) is 43.0 Å². The van der Waals surface area contributed by atoms with E-state index in [-0.39, 0.29) is 5.82 Å². The maximum absolute atomic E-state index is 12.8. The molecule has 0 aliphatic heterocycles. The lowest BCUT2D eigenvalue weighted by Crippen LogP contribution is -2.36. The van der Waals surface area contributed by atoms with Crippen LogP contribution >= 0.6 is 0 Å². The third kappa shape index (κ3) is 4.31. The van der Waals surface area contributed by atoms with Gasteiger partial charge in [0, 0.05) is 6.04 Å². The van der Waals surface area contributed by atoms with Crippen molar-refractivity contribution in [1.29, 1.82) is 0 Å². The lowest BCUT2D eigenvalue weighted by Gasteiger charge is -2.22. The van der Waals surface area contributed by atoms with Crippen LogP contribution in [0, 0.1) is 11.7 Å². The zero-order valence-electron chi connectivity index (χ0n) is 10.5. The minimum absolute atomic E-state index is 0.161. The molecular formula is C14H22FN. The Morgan fingerprint density at radius 3 is 2.31 bits per heavy atom. The molecule has 0 aliphatic rings. The Kier molecular flexibility index (Phi) is 5.47. The molecule has 1 rings (SSSR count). The van der Waals surface area contributed by atoms with Gasteiger partial charge in [0.1, 0.15) is 5.82 Å². The molecule has 0 aromatic heterocycles. The lowest BCUT2D eigenvalue weighted by molar-refractivity contribution is 0.397. The Morgan fingerprint density at radius 1 is 1.19 bits per heavy atom. The third-order valence-electron chi connectivity index (χ3n) is 2.83. The standard InChI is InChI=1S/C14H22FN/c1-4-9-16-14(11(2)3)10-12-5-7-13(15)8-6-12/h5-8,11,14,16H,4,9-10H2,1-3H3. The lowest BCUT2D eigenvalue weighted by atomic mass is 9.96. The average Bonchev–Trinajstić information content (AvgIpc) is 2.26. The Balaban J connectivity index is 2.57.